The lowest BCUT2D eigenvalue weighted by Gasteiger charge is -2.14. The van der Waals surface area contributed by atoms with Crippen molar-refractivity contribution in [3.63, 3.8) is 0 Å². The molecule has 14 rings (SSSR count). The summed E-state index contributed by atoms with van der Waals surface area (Å²) in [6.45, 7) is 0. The summed E-state index contributed by atoms with van der Waals surface area (Å²) in [5.41, 5.74) is 7.59. The van der Waals surface area contributed by atoms with Crippen LogP contribution in [0.3, 0.4) is 0 Å². The van der Waals surface area contributed by atoms with Gasteiger partial charge in [0.2, 0.25) is 0 Å². The van der Waals surface area contributed by atoms with E-state index in [0.717, 1.165) is 70.8 Å². The Kier molecular flexibility index (Phi) is 7.21. The summed E-state index contributed by atoms with van der Waals surface area (Å²) in [7, 11) is 0. The quantitative estimate of drug-likeness (QED) is 0.177. The summed E-state index contributed by atoms with van der Waals surface area (Å²) in [4.78, 5) is 16.2. The molecule has 4 heterocycles. The highest BCUT2D eigenvalue weighted by Crippen LogP contribution is 2.45. The number of para-hydroxylation sites is 1. The first-order valence-corrected chi connectivity index (χ1v) is 22.0. The summed E-state index contributed by atoms with van der Waals surface area (Å²) >= 11 is 1.78. The fourth-order valence-corrected chi connectivity index (χ4v) is 11.2. The van der Waals surface area contributed by atoms with E-state index in [0.29, 0.717) is 17.5 Å². The number of fused-ring (bicyclic) bond motifs is 13. The fraction of sp³-hybridized carbons (Fsp3) is 0. The Hall–Kier alpha value is -8.19. The highest BCUT2D eigenvalue weighted by atomic mass is 32.1. The SMILES string of the molecule is c1ccc2cc3c(cc2c1)c1c2ccccc2ccc1n3-c1cc(-c2nc(-c3cccc4ccccc34)nc(-c3cccc4c3sc3ccccc34)n2)cc2oc3ccccc3c12. The molecule has 63 heavy (non-hydrogen) atoms. The summed E-state index contributed by atoms with van der Waals surface area (Å²) < 4.78 is 11.6. The van der Waals surface area contributed by atoms with Crippen molar-refractivity contribution in [2.45, 2.75) is 0 Å². The zero-order valence-corrected chi connectivity index (χ0v) is 34.4. The van der Waals surface area contributed by atoms with Gasteiger partial charge in [-0.25, -0.2) is 15.0 Å². The zero-order chi connectivity index (χ0) is 41.2. The minimum atomic E-state index is 0.571. The number of aromatic nitrogens is 4. The lowest BCUT2D eigenvalue weighted by atomic mass is 10.0. The molecule has 10 aromatic carbocycles. The standard InChI is InChI=1S/C57H32N4OS/c1-2-16-36-30-47-45(29-35(36)15-1)52-39-19-6-4-14-34(39)27-28-46(52)61(47)48-31-37(32-50-53(48)43-21-7-9-25-49(43)62-50)55-58-56(42-23-11-17-33-13-3-5-18-38(33)42)60-57(59-55)44-24-12-22-41-40-20-8-10-26-51(40)63-54(41)44/h1-32H. The molecule has 292 valence electrons. The smallest absolute Gasteiger partial charge is 0.165 e. The van der Waals surface area contributed by atoms with Crippen molar-refractivity contribution < 1.29 is 4.42 Å². The molecule has 4 aromatic heterocycles. The topological polar surface area (TPSA) is 56.7 Å². The van der Waals surface area contributed by atoms with Crippen molar-refractivity contribution in [3.05, 3.63) is 194 Å². The van der Waals surface area contributed by atoms with Crippen LogP contribution in [-0.2, 0) is 0 Å². The monoisotopic (exact) mass is 820 g/mol. The van der Waals surface area contributed by atoms with Gasteiger partial charge in [0.05, 0.1) is 22.1 Å². The van der Waals surface area contributed by atoms with Crippen LogP contribution in [0.4, 0.5) is 0 Å². The molecule has 0 bridgehead atoms. The van der Waals surface area contributed by atoms with Gasteiger partial charge in [0.1, 0.15) is 11.2 Å². The molecule has 0 aliphatic heterocycles. The lowest BCUT2D eigenvalue weighted by molar-refractivity contribution is 0.669. The van der Waals surface area contributed by atoms with Crippen molar-refractivity contribution in [2.24, 2.45) is 0 Å². The molecule has 6 heteroatoms. The van der Waals surface area contributed by atoms with E-state index in [1.165, 1.54) is 47.8 Å². The number of thiophene rings is 1. The van der Waals surface area contributed by atoms with E-state index in [1.54, 1.807) is 11.3 Å². The second kappa shape index (κ2) is 13.2. The van der Waals surface area contributed by atoms with Crippen molar-refractivity contribution in [1.82, 2.24) is 19.5 Å². The molecule has 5 nitrogen and oxygen atoms in total. The van der Waals surface area contributed by atoms with E-state index in [4.69, 9.17) is 19.4 Å². The summed E-state index contributed by atoms with van der Waals surface area (Å²) in [5.74, 6) is 1.81. The van der Waals surface area contributed by atoms with Gasteiger partial charge in [-0.1, -0.05) is 146 Å². The van der Waals surface area contributed by atoms with Crippen LogP contribution in [0.15, 0.2) is 199 Å². The average molecular weight is 821 g/mol. The third-order valence-corrected chi connectivity index (χ3v) is 14.0. The molecule has 0 N–H and O–H groups in total. The van der Waals surface area contributed by atoms with E-state index >= 15 is 0 Å². The Morgan fingerprint density at radius 1 is 0.381 bits per heavy atom. The van der Waals surface area contributed by atoms with Crippen molar-refractivity contribution >= 4 is 108 Å². The predicted octanol–water partition coefficient (Wildman–Crippen LogP) is 15.7. The van der Waals surface area contributed by atoms with Gasteiger partial charge in [0.15, 0.2) is 17.5 Å². The molecule has 0 spiro atoms. The molecule has 0 atom stereocenters. The minimum Gasteiger partial charge on any atom is -0.456 e. The Balaban J connectivity index is 1.11. The van der Waals surface area contributed by atoms with Gasteiger partial charge in [0, 0.05) is 53.0 Å². The first-order chi connectivity index (χ1) is 31.2. The van der Waals surface area contributed by atoms with Gasteiger partial charge in [-0.3, -0.25) is 0 Å². The van der Waals surface area contributed by atoms with E-state index in [-0.39, 0.29) is 0 Å². The van der Waals surface area contributed by atoms with Crippen molar-refractivity contribution in [3.8, 4) is 39.9 Å². The van der Waals surface area contributed by atoms with Gasteiger partial charge in [-0.05, 0) is 80.8 Å². The normalized spacial score (nSPS) is 12.1. The minimum absolute atomic E-state index is 0.571. The second-order valence-electron chi connectivity index (χ2n) is 16.3. The van der Waals surface area contributed by atoms with Crippen LogP contribution in [0.1, 0.15) is 0 Å². The third kappa shape index (κ3) is 5.13. The van der Waals surface area contributed by atoms with Crippen LogP contribution in [-0.4, -0.2) is 19.5 Å². The number of hydrogen-bond acceptors (Lipinski definition) is 5. The first kappa shape index (κ1) is 34.5. The lowest BCUT2D eigenvalue weighted by Crippen LogP contribution is -2.02. The highest BCUT2D eigenvalue weighted by Gasteiger charge is 2.24. The molecule has 0 aliphatic rings. The molecule has 0 amide bonds. The van der Waals surface area contributed by atoms with Gasteiger partial charge in [0.25, 0.3) is 0 Å². The second-order valence-corrected chi connectivity index (χ2v) is 17.4. The summed E-state index contributed by atoms with van der Waals surface area (Å²) in [6.07, 6.45) is 0. The van der Waals surface area contributed by atoms with Crippen molar-refractivity contribution in [1.29, 1.82) is 0 Å². The van der Waals surface area contributed by atoms with Gasteiger partial charge in [-0.15, -0.1) is 11.3 Å². The number of hydrogen-bond donors (Lipinski definition) is 0. The van der Waals surface area contributed by atoms with Gasteiger partial charge in [-0.2, -0.15) is 0 Å². The Labute approximate surface area is 363 Å². The number of furan rings is 1. The number of benzene rings is 10. The molecular weight excluding hydrogens is 789 g/mol. The van der Waals surface area contributed by atoms with Crippen LogP contribution in [0, 0.1) is 0 Å². The van der Waals surface area contributed by atoms with E-state index < -0.39 is 0 Å². The maximum Gasteiger partial charge on any atom is 0.165 e. The van der Waals surface area contributed by atoms with Crippen LogP contribution in [0.25, 0.3) is 136 Å². The molecule has 0 unspecified atom stereocenters. The van der Waals surface area contributed by atoms with Crippen LogP contribution >= 0.6 is 11.3 Å². The maximum absolute atomic E-state index is 6.81. The van der Waals surface area contributed by atoms with Gasteiger partial charge < -0.3 is 8.98 Å². The third-order valence-electron chi connectivity index (χ3n) is 12.8. The van der Waals surface area contributed by atoms with Crippen LogP contribution in [0.2, 0.25) is 0 Å². The van der Waals surface area contributed by atoms with Crippen LogP contribution in [0.5, 0.6) is 0 Å². The van der Waals surface area contributed by atoms with E-state index in [2.05, 4.69) is 193 Å². The van der Waals surface area contributed by atoms with Crippen LogP contribution < -0.4 is 0 Å². The molecule has 0 saturated heterocycles. The summed E-state index contributed by atoms with van der Waals surface area (Å²) in [5, 5.41) is 14.0. The molecule has 0 fully saturated rings. The average Bonchev–Trinajstić information content (AvgIpc) is 4.02. The molecule has 14 aromatic rings. The van der Waals surface area contributed by atoms with E-state index in [9.17, 15) is 0 Å². The molecular formula is C57H32N4OS. The summed E-state index contributed by atoms with van der Waals surface area (Å²) in [6, 6.07) is 69.1. The first-order valence-electron chi connectivity index (χ1n) is 21.2. The molecule has 0 saturated carbocycles. The van der Waals surface area contributed by atoms with E-state index in [1.807, 2.05) is 6.07 Å². The zero-order valence-electron chi connectivity index (χ0n) is 33.6. The largest absolute Gasteiger partial charge is 0.456 e. The highest BCUT2D eigenvalue weighted by molar-refractivity contribution is 7.26. The Bertz CT molecular complexity index is 4230. The Morgan fingerprint density at radius 2 is 1.00 bits per heavy atom. The molecule has 0 aliphatic carbocycles. The number of rotatable bonds is 4. The van der Waals surface area contributed by atoms with Gasteiger partial charge >= 0.3 is 0 Å². The molecule has 0 radical (unpaired) electrons. The fourth-order valence-electron chi connectivity index (χ4n) is 9.96. The number of nitrogens with zero attached hydrogens (tertiary/aromatic N) is 4. The Morgan fingerprint density at radius 3 is 1.86 bits per heavy atom. The van der Waals surface area contributed by atoms with Crippen molar-refractivity contribution in [2.75, 3.05) is 0 Å². The predicted molar refractivity (Wildman–Crippen MR) is 263 cm³/mol. The maximum atomic E-state index is 6.81.